The fourth-order valence-electron chi connectivity index (χ4n) is 2.48. The number of halogens is 1. The van der Waals surface area contributed by atoms with Crippen molar-refractivity contribution >= 4 is 23.2 Å². The van der Waals surface area contributed by atoms with E-state index < -0.39 is 0 Å². The average molecular weight is 378 g/mol. The Labute approximate surface area is 157 Å². The number of carbonyl (C=O) groups is 1. The zero-order chi connectivity index (χ0) is 18.5. The van der Waals surface area contributed by atoms with Crippen LogP contribution in [0.5, 0.6) is 23.0 Å². The molecule has 7 heteroatoms. The van der Waals surface area contributed by atoms with Gasteiger partial charge in [-0.05, 0) is 30.7 Å². The summed E-state index contributed by atoms with van der Waals surface area (Å²) in [5.74, 6) is 1.77. The van der Waals surface area contributed by atoms with Crippen molar-refractivity contribution in [2.45, 2.75) is 19.8 Å². The number of hydrogen-bond donors (Lipinski definition) is 1. The third kappa shape index (κ3) is 3.96. The second-order valence-corrected chi connectivity index (χ2v) is 6.12. The standard InChI is InChI=1S/C19H20ClNO5/c1-3-4-7-24-16-6-5-13(23-2)10-15(16)21-19(22)12-8-14(20)18-17(9-12)25-11-26-18/h5-6,8-10H,3-4,7,11H2,1-2H3,(H,21,22). The highest BCUT2D eigenvalue weighted by Crippen LogP contribution is 2.40. The first-order chi connectivity index (χ1) is 12.6. The fourth-order valence-corrected chi connectivity index (χ4v) is 2.74. The topological polar surface area (TPSA) is 66.0 Å². The molecule has 0 atom stereocenters. The number of nitrogens with one attached hydrogen (secondary N) is 1. The summed E-state index contributed by atoms with van der Waals surface area (Å²) in [6.45, 7) is 2.75. The molecule has 0 spiro atoms. The van der Waals surface area contributed by atoms with Gasteiger partial charge in [0.05, 0.1) is 24.4 Å². The molecule has 0 saturated heterocycles. The van der Waals surface area contributed by atoms with Crippen LogP contribution in [-0.2, 0) is 0 Å². The Balaban J connectivity index is 1.83. The van der Waals surface area contributed by atoms with Crippen molar-refractivity contribution in [3.8, 4) is 23.0 Å². The van der Waals surface area contributed by atoms with Gasteiger partial charge in [0.25, 0.3) is 5.91 Å². The Morgan fingerprint density at radius 2 is 2.12 bits per heavy atom. The molecule has 0 unspecified atom stereocenters. The van der Waals surface area contributed by atoms with Crippen molar-refractivity contribution in [3.05, 3.63) is 40.9 Å². The van der Waals surface area contributed by atoms with Crippen LogP contribution in [0.3, 0.4) is 0 Å². The molecule has 0 fully saturated rings. The van der Waals surface area contributed by atoms with Gasteiger partial charge in [-0.25, -0.2) is 0 Å². The number of ether oxygens (including phenoxy) is 4. The molecule has 0 bridgehead atoms. The van der Waals surface area contributed by atoms with Crippen LogP contribution in [0.25, 0.3) is 0 Å². The molecule has 2 aromatic rings. The lowest BCUT2D eigenvalue weighted by Crippen LogP contribution is -2.13. The monoisotopic (exact) mass is 377 g/mol. The molecule has 0 saturated carbocycles. The summed E-state index contributed by atoms with van der Waals surface area (Å²) in [6, 6.07) is 8.42. The highest BCUT2D eigenvalue weighted by Gasteiger charge is 2.21. The summed E-state index contributed by atoms with van der Waals surface area (Å²) in [7, 11) is 1.57. The summed E-state index contributed by atoms with van der Waals surface area (Å²) in [4.78, 5) is 12.7. The van der Waals surface area contributed by atoms with Crippen LogP contribution in [0, 0.1) is 0 Å². The second kappa shape index (κ2) is 8.19. The molecule has 1 aliphatic heterocycles. The average Bonchev–Trinajstić information content (AvgIpc) is 3.12. The lowest BCUT2D eigenvalue weighted by molar-refractivity contribution is 0.102. The molecule has 0 radical (unpaired) electrons. The first kappa shape index (κ1) is 18.2. The van der Waals surface area contributed by atoms with E-state index in [1.807, 2.05) is 0 Å². The predicted molar refractivity (Wildman–Crippen MR) is 98.9 cm³/mol. The van der Waals surface area contributed by atoms with Gasteiger partial charge in [0.2, 0.25) is 6.79 Å². The van der Waals surface area contributed by atoms with Crippen molar-refractivity contribution in [1.82, 2.24) is 0 Å². The number of unbranched alkanes of at least 4 members (excludes halogenated alkanes) is 1. The summed E-state index contributed by atoms with van der Waals surface area (Å²) in [5.41, 5.74) is 0.890. The van der Waals surface area contributed by atoms with Crippen molar-refractivity contribution in [2.24, 2.45) is 0 Å². The molecule has 1 heterocycles. The van der Waals surface area contributed by atoms with E-state index in [-0.39, 0.29) is 12.7 Å². The minimum absolute atomic E-state index is 0.0887. The maximum atomic E-state index is 12.7. The summed E-state index contributed by atoms with van der Waals surface area (Å²) in [5, 5.41) is 3.18. The van der Waals surface area contributed by atoms with Crippen LogP contribution in [0.15, 0.2) is 30.3 Å². The van der Waals surface area contributed by atoms with Crippen molar-refractivity contribution in [3.63, 3.8) is 0 Å². The summed E-state index contributed by atoms with van der Waals surface area (Å²) >= 11 is 6.16. The lowest BCUT2D eigenvalue weighted by atomic mass is 10.1. The van der Waals surface area contributed by atoms with E-state index in [2.05, 4.69) is 12.2 Å². The molecule has 2 aromatic carbocycles. The molecule has 3 rings (SSSR count). The quantitative estimate of drug-likeness (QED) is 0.719. The lowest BCUT2D eigenvalue weighted by Gasteiger charge is -2.14. The third-order valence-electron chi connectivity index (χ3n) is 3.88. The van der Waals surface area contributed by atoms with Gasteiger partial charge in [-0.2, -0.15) is 0 Å². The molecular formula is C19H20ClNO5. The van der Waals surface area contributed by atoms with Crippen LogP contribution in [0.2, 0.25) is 5.02 Å². The van der Waals surface area contributed by atoms with Gasteiger partial charge in [0, 0.05) is 11.6 Å². The van der Waals surface area contributed by atoms with Gasteiger partial charge in [-0.1, -0.05) is 24.9 Å². The zero-order valence-corrected chi connectivity index (χ0v) is 15.4. The van der Waals surface area contributed by atoms with Crippen LogP contribution in [-0.4, -0.2) is 26.4 Å². The van der Waals surface area contributed by atoms with Gasteiger partial charge in [0.15, 0.2) is 11.5 Å². The van der Waals surface area contributed by atoms with Crippen molar-refractivity contribution < 1.29 is 23.7 Å². The number of benzene rings is 2. The molecule has 1 amide bonds. The van der Waals surface area contributed by atoms with E-state index >= 15 is 0 Å². The molecule has 0 aliphatic carbocycles. The van der Waals surface area contributed by atoms with Gasteiger partial charge in [0.1, 0.15) is 11.5 Å². The second-order valence-electron chi connectivity index (χ2n) is 5.71. The molecule has 1 aliphatic rings. The van der Waals surface area contributed by atoms with E-state index in [0.29, 0.717) is 45.9 Å². The largest absolute Gasteiger partial charge is 0.497 e. The number of carbonyl (C=O) groups excluding carboxylic acids is 1. The first-order valence-electron chi connectivity index (χ1n) is 8.33. The minimum Gasteiger partial charge on any atom is -0.497 e. The maximum absolute atomic E-state index is 12.7. The maximum Gasteiger partial charge on any atom is 0.255 e. The van der Waals surface area contributed by atoms with Gasteiger partial charge >= 0.3 is 0 Å². The number of rotatable bonds is 7. The molecule has 138 valence electrons. The van der Waals surface area contributed by atoms with Crippen molar-refractivity contribution in [2.75, 3.05) is 25.8 Å². The van der Waals surface area contributed by atoms with Crippen LogP contribution >= 0.6 is 11.6 Å². The number of amides is 1. The van der Waals surface area contributed by atoms with Crippen LogP contribution in [0.4, 0.5) is 5.69 Å². The third-order valence-corrected chi connectivity index (χ3v) is 4.16. The predicted octanol–water partition coefficient (Wildman–Crippen LogP) is 4.51. The van der Waals surface area contributed by atoms with E-state index in [4.69, 9.17) is 30.5 Å². The zero-order valence-electron chi connectivity index (χ0n) is 14.6. The molecular weight excluding hydrogens is 358 g/mol. The Morgan fingerprint density at radius 1 is 1.27 bits per heavy atom. The number of anilines is 1. The van der Waals surface area contributed by atoms with Crippen molar-refractivity contribution in [1.29, 1.82) is 0 Å². The Hall–Kier alpha value is -2.60. The van der Waals surface area contributed by atoms with Crippen LogP contribution < -0.4 is 24.3 Å². The van der Waals surface area contributed by atoms with E-state index in [0.717, 1.165) is 12.8 Å². The molecule has 26 heavy (non-hydrogen) atoms. The van der Waals surface area contributed by atoms with Gasteiger partial charge in [-0.15, -0.1) is 0 Å². The van der Waals surface area contributed by atoms with Gasteiger partial charge in [-0.3, -0.25) is 4.79 Å². The smallest absolute Gasteiger partial charge is 0.255 e. The van der Waals surface area contributed by atoms with Crippen LogP contribution in [0.1, 0.15) is 30.1 Å². The fraction of sp³-hybridized carbons (Fsp3) is 0.316. The van der Waals surface area contributed by atoms with E-state index in [1.54, 1.807) is 37.4 Å². The molecule has 6 nitrogen and oxygen atoms in total. The van der Waals surface area contributed by atoms with E-state index in [1.165, 1.54) is 0 Å². The molecule has 1 N–H and O–H groups in total. The summed E-state index contributed by atoms with van der Waals surface area (Å²) < 4.78 is 21.6. The SMILES string of the molecule is CCCCOc1ccc(OC)cc1NC(=O)c1cc(Cl)c2c(c1)OCO2. The minimum atomic E-state index is -0.334. The first-order valence-corrected chi connectivity index (χ1v) is 8.71. The Kier molecular flexibility index (Phi) is 5.73. The van der Waals surface area contributed by atoms with E-state index in [9.17, 15) is 4.79 Å². The highest BCUT2D eigenvalue weighted by molar-refractivity contribution is 6.32. The normalized spacial score (nSPS) is 12.0. The number of methoxy groups -OCH3 is 1. The summed E-state index contributed by atoms with van der Waals surface area (Å²) in [6.07, 6.45) is 1.95. The Morgan fingerprint density at radius 3 is 2.88 bits per heavy atom. The molecule has 0 aromatic heterocycles. The highest BCUT2D eigenvalue weighted by atomic mass is 35.5. The number of fused-ring (bicyclic) bond motifs is 1. The van der Waals surface area contributed by atoms with Gasteiger partial charge < -0.3 is 24.3 Å². The Bertz CT molecular complexity index is 809. The number of hydrogen-bond acceptors (Lipinski definition) is 5.